The van der Waals surface area contributed by atoms with Crippen LogP contribution in [0.3, 0.4) is 0 Å². The molecular formula is C12H14ClNO4. The van der Waals surface area contributed by atoms with Crippen LogP contribution in [0.1, 0.15) is 22.3 Å². The lowest BCUT2D eigenvalue weighted by Crippen LogP contribution is -2.10. The predicted molar refractivity (Wildman–Crippen MR) is 68.3 cm³/mol. The monoisotopic (exact) mass is 271 g/mol. The van der Waals surface area contributed by atoms with Gasteiger partial charge in [-0.05, 0) is 24.6 Å². The van der Waals surface area contributed by atoms with Crippen molar-refractivity contribution in [2.45, 2.75) is 13.3 Å². The van der Waals surface area contributed by atoms with E-state index in [0.29, 0.717) is 10.7 Å². The molecule has 0 aliphatic rings. The highest BCUT2D eigenvalue weighted by Gasteiger charge is 2.13. The van der Waals surface area contributed by atoms with Gasteiger partial charge in [-0.1, -0.05) is 11.6 Å². The number of carbonyl (C=O) groups is 2. The molecule has 0 saturated heterocycles. The highest BCUT2D eigenvalue weighted by atomic mass is 35.5. The summed E-state index contributed by atoms with van der Waals surface area (Å²) in [5.41, 5.74) is 1.75. The lowest BCUT2D eigenvalue weighted by molar-refractivity contribution is -0.136. The quantitative estimate of drug-likeness (QED) is 0.804. The molecule has 0 bridgehead atoms. The zero-order chi connectivity index (χ0) is 13.7. The van der Waals surface area contributed by atoms with E-state index < -0.39 is 11.9 Å². The first-order chi connectivity index (χ1) is 8.45. The molecule has 1 aromatic carbocycles. The number of hydrogen-bond acceptors (Lipinski definition) is 4. The molecule has 0 aromatic heterocycles. The third-order valence-electron chi connectivity index (χ3n) is 2.37. The molecule has 6 heteroatoms. The first kappa shape index (κ1) is 14.3. The zero-order valence-electron chi connectivity index (χ0n) is 10.1. The SMILES string of the molecule is COC(=O)c1cc(NCCC(=O)O)c(C)cc1Cl. The Kier molecular flexibility index (Phi) is 4.97. The Morgan fingerprint density at radius 2 is 2.11 bits per heavy atom. The Hall–Kier alpha value is -1.75. The van der Waals surface area contributed by atoms with Crippen molar-refractivity contribution in [2.24, 2.45) is 0 Å². The molecule has 0 aliphatic heterocycles. The smallest absolute Gasteiger partial charge is 0.339 e. The number of nitrogens with one attached hydrogen (secondary N) is 1. The number of halogens is 1. The van der Waals surface area contributed by atoms with E-state index in [-0.39, 0.29) is 18.5 Å². The number of carboxylic acid groups (broad SMARTS) is 1. The summed E-state index contributed by atoms with van der Waals surface area (Å²) in [6.07, 6.45) is -0.00434. The van der Waals surface area contributed by atoms with Crippen LogP contribution in [0.5, 0.6) is 0 Å². The van der Waals surface area contributed by atoms with Crippen molar-refractivity contribution in [3.63, 3.8) is 0 Å². The number of anilines is 1. The third kappa shape index (κ3) is 3.63. The van der Waals surface area contributed by atoms with E-state index in [4.69, 9.17) is 16.7 Å². The van der Waals surface area contributed by atoms with Crippen molar-refractivity contribution in [3.8, 4) is 0 Å². The molecule has 0 radical (unpaired) electrons. The molecule has 0 unspecified atom stereocenters. The van der Waals surface area contributed by atoms with Gasteiger partial charge in [-0.15, -0.1) is 0 Å². The number of ether oxygens (including phenoxy) is 1. The first-order valence-corrected chi connectivity index (χ1v) is 5.67. The molecule has 0 aliphatic carbocycles. The number of carboxylic acids is 1. The van der Waals surface area contributed by atoms with E-state index in [9.17, 15) is 9.59 Å². The van der Waals surface area contributed by atoms with Crippen LogP contribution in [0.15, 0.2) is 12.1 Å². The zero-order valence-corrected chi connectivity index (χ0v) is 10.9. The highest BCUT2D eigenvalue weighted by Crippen LogP contribution is 2.25. The average molecular weight is 272 g/mol. The second-order valence-corrected chi connectivity index (χ2v) is 4.12. The van der Waals surface area contributed by atoms with E-state index in [1.165, 1.54) is 7.11 Å². The average Bonchev–Trinajstić information content (AvgIpc) is 2.30. The minimum Gasteiger partial charge on any atom is -0.481 e. The summed E-state index contributed by atoms with van der Waals surface area (Å²) < 4.78 is 4.61. The molecule has 0 amide bonds. The van der Waals surface area contributed by atoms with Gasteiger partial charge in [0.25, 0.3) is 0 Å². The van der Waals surface area contributed by atoms with Crippen molar-refractivity contribution < 1.29 is 19.4 Å². The minimum absolute atomic E-state index is 0.00434. The van der Waals surface area contributed by atoms with Crippen molar-refractivity contribution in [1.29, 1.82) is 0 Å². The van der Waals surface area contributed by atoms with Crippen LogP contribution in [0.25, 0.3) is 0 Å². The number of aryl methyl sites for hydroxylation is 1. The Labute approximate surface area is 110 Å². The van der Waals surface area contributed by atoms with Gasteiger partial charge in [-0.2, -0.15) is 0 Å². The van der Waals surface area contributed by atoms with Gasteiger partial charge in [0.05, 0.1) is 24.1 Å². The van der Waals surface area contributed by atoms with Gasteiger partial charge in [-0.3, -0.25) is 4.79 Å². The summed E-state index contributed by atoms with van der Waals surface area (Å²) in [5, 5.41) is 11.8. The number of esters is 1. The molecule has 1 aromatic rings. The van der Waals surface area contributed by atoms with E-state index in [1.54, 1.807) is 12.1 Å². The van der Waals surface area contributed by atoms with Crippen LogP contribution in [0.2, 0.25) is 5.02 Å². The maximum atomic E-state index is 11.5. The third-order valence-corrected chi connectivity index (χ3v) is 2.69. The summed E-state index contributed by atoms with van der Waals surface area (Å²) >= 11 is 5.94. The summed E-state index contributed by atoms with van der Waals surface area (Å²) in [6.45, 7) is 2.09. The molecule has 1 rings (SSSR count). The van der Waals surface area contributed by atoms with Crippen LogP contribution in [0.4, 0.5) is 5.69 Å². The Bertz CT molecular complexity index is 473. The van der Waals surface area contributed by atoms with E-state index in [2.05, 4.69) is 10.1 Å². The normalized spacial score (nSPS) is 9.94. The number of aliphatic carboxylic acids is 1. The molecule has 98 valence electrons. The van der Waals surface area contributed by atoms with Gasteiger partial charge < -0.3 is 15.2 Å². The summed E-state index contributed by atoms with van der Waals surface area (Å²) in [4.78, 5) is 21.9. The van der Waals surface area contributed by atoms with Crippen molar-refractivity contribution in [2.75, 3.05) is 19.0 Å². The molecule has 5 nitrogen and oxygen atoms in total. The maximum absolute atomic E-state index is 11.5. The number of rotatable bonds is 5. The molecule has 0 heterocycles. The molecule has 0 spiro atoms. The highest BCUT2D eigenvalue weighted by molar-refractivity contribution is 6.33. The van der Waals surface area contributed by atoms with E-state index in [0.717, 1.165) is 5.56 Å². The Morgan fingerprint density at radius 1 is 1.44 bits per heavy atom. The lowest BCUT2D eigenvalue weighted by atomic mass is 10.1. The largest absolute Gasteiger partial charge is 0.481 e. The van der Waals surface area contributed by atoms with Crippen molar-refractivity contribution in [1.82, 2.24) is 0 Å². The fourth-order valence-corrected chi connectivity index (χ4v) is 1.73. The fraction of sp³-hybridized carbons (Fsp3) is 0.333. The first-order valence-electron chi connectivity index (χ1n) is 5.30. The van der Waals surface area contributed by atoms with Gasteiger partial charge >= 0.3 is 11.9 Å². The summed E-state index contributed by atoms with van der Waals surface area (Å²) in [7, 11) is 1.27. The minimum atomic E-state index is -0.887. The number of hydrogen-bond donors (Lipinski definition) is 2. The second kappa shape index (κ2) is 6.26. The van der Waals surface area contributed by atoms with Gasteiger partial charge in [0.2, 0.25) is 0 Å². The van der Waals surface area contributed by atoms with Crippen LogP contribution in [-0.2, 0) is 9.53 Å². The summed E-state index contributed by atoms with van der Waals surface area (Å²) in [5.74, 6) is -1.41. The van der Waals surface area contributed by atoms with E-state index >= 15 is 0 Å². The van der Waals surface area contributed by atoms with Gasteiger partial charge in [0.15, 0.2) is 0 Å². The topological polar surface area (TPSA) is 75.6 Å². The Balaban J connectivity index is 2.91. The lowest BCUT2D eigenvalue weighted by Gasteiger charge is -2.11. The molecule has 2 N–H and O–H groups in total. The van der Waals surface area contributed by atoms with Crippen LogP contribution in [-0.4, -0.2) is 30.7 Å². The van der Waals surface area contributed by atoms with Crippen molar-refractivity contribution >= 4 is 29.2 Å². The second-order valence-electron chi connectivity index (χ2n) is 3.71. The molecule has 0 saturated carbocycles. The van der Waals surface area contributed by atoms with Crippen molar-refractivity contribution in [3.05, 3.63) is 28.3 Å². The summed E-state index contributed by atoms with van der Waals surface area (Å²) in [6, 6.07) is 3.20. The van der Waals surface area contributed by atoms with Crippen LogP contribution < -0.4 is 5.32 Å². The predicted octanol–water partition coefficient (Wildman–Crippen LogP) is 2.32. The Morgan fingerprint density at radius 3 is 2.67 bits per heavy atom. The number of carbonyl (C=O) groups excluding carboxylic acids is 1. The van der Waals surface area contributed by atoms with Gasteiger partial charge in [0, 0.05) is 12.2 Å². The standard InChI is InChI=1S/C12H14ClNO4/c1-7-5-9(13)8(12(17)18-2)6-10(7)14-4-3-11(15)16/h5-6,14H,3-4H2,1-2H3,(H,15,16). The fourth-order valence-electron chi connectivity index (χ4n) is 1.43. The number of benzene rings is 1. The van der Waals surface area contributed by atoms with E-state index in [1.807, 2.05) is 6.92 Å². The molecule has 0 fully saturated rings. The maximum Gasteiger partial charge on any atom is 0.339 e. The van der Waals surface area contributed by atoms with Crippen LogP contribution in [0, 0.1) is 6.92 Å². The molecular weight excluding hydrogens is 258 g/mol. The van der Waals surface area contributed by atoms with Gasteiger partial charge in [-0.25, -0.2) is 4.79 Å². The van der Waals surface area contributed by atoms with Crippen LogP contribution >= 0.6 is 11.6 Å². The van der Waals surface area contributed by atoms with Gasteiger partial charge in [0.1, 0.15) is 0 Å². The molecule has 18 heavy (non-hydrogen) atoms. The molecule has 0 atom stereocenters. The number of methoxy groups -OCH3 is 1.